The predicted molar refractivity (Wildman–Crippen MR) is 70.3 cm³/mol. The van der Waals surface area contributed by atoms with Gasteiger partial charge in [-0.05, 0) is 12.6 Å². The number of alkyl halides is 1. The molecule has 0 aromatic carbocycles. The third kappa shape index (κ3) is 4.68. The molecular formula is C11H20FN2O2S+. The minimum Gasteiger partial charge on any atom is -0.392 e. The van der Waals surface area contributed by atoms with Crippen molar-refractivity contribution in [1.82, 2.24) is 9.57 Å². The van der Waals surface area contributed by atoms with Crippen molar-refractivity contribution in [2.45, 2.75) is 25.0 Å². The lowest BCUT2D eigenvalue weighted by Gasteiger charge is -2.29. The fraction of sp³-hybridized carbons (Fsp3) is 0.818. The molecule has 0 aliphatic carbocycles. The van der Waals surface area contributed by atoms with Gasteiger partial charge in [0, 0.05) is 12.8 Å². The number of rotatable bonds is 3. The van der Waals surface area contributed by atoms with Crippen molar-refractivity contribution in [1.29, 1.82) is 0 Å². The highest BCUT2D eigenvalue weighted by Gasteiger charge is 2.30. The first-order valence-corrected chi connectivity index (χ1v) is 6.12. The summed E-state index contributed by atoms with van der Waals surface area (Å²) >= 11 is 4.18. The highest BCUT2D eigenvalue weighted by Crippen LogP contribution is 2.20. The molecule has 1 aliphatic rings. The second-order valence-electron chi connectivity index (χ2n) is 4.37. The minimum atomic E-state index is -0.521. The van der Waals surface area contributed by atoms with Gasteiger partial charge in [0.1, 0.15) is 0 Å². The number of amidine groups is 1. The van der Waals surface area contributed by atoms with Gasteiger partial charge >= 0.3 is 5.17 Å². The standard InChI is InChI=1S/C11H19FN2O2S/c1-14(2)11(17)13-6-8-7-16-9(3-4-12)5-10(8)15/h6,8-10,15H,3-5,7H2,1-2H3/p+1. The number of thiol groups is 1. The van der Waals surface area contributed by atoms with E-state index in [9.17, 15) is 9.50 Å². The molecule has 0 radical (unpaired) electrons. The van der Waals surface area contributed by atoms with E-state index in [2.05, 4.69) is 17.3 Å². The number of halogens is 1. The van der Waals surface area contributed by atoms with Crippen LogP contribution in [-0.2, 0) is 4.74 Å². The predicted octanol–water partition coefficient (Wildman–Crippen LogP) is 0.0974. The minimum absolute atomic E-state index is 0.145. The first kappa shape index (κ1) is 14.5. The lowest BCUT2D eigenvalue weighted by Crippen LogP contribution is -2.39. The summed E-state index contributed by atoms with van der Waals surface area (Å²) in [5, 5.41) is 10.4. The maximum atomic E-state index is 12.1. The van der Waals surface area contributed by atoms with Crippen LogP contribution in [-0.4, -0.2) is 61.0 Å². The van der Waals surface area contributed by atoms with Gasteiger partial charge in [-0.3, -0.25) is 4.39 Å². The van der Waals surface area contributed by atoms with Crippen molar-refractivity contribution < 1.29 is 14.2 Å². The van der Waals surface area contributed by atoms with Crippen LogP contribution in [0.4, 0.5) is 4.39 Å². The van der Waals surface area contributed by atoms with E-state index in [0.717, 1.165) is 0 Å². The Kier molecular flexibility index (Phi) is 5.98. The van der Waals surface area contributed by atoms with Gasteiger partial charge in [0.2, 0.25) is 0 Å². The summed E-state index contributed by atoms with van der Waals surface area (Å²) in [4.78, 5) is 1.77. The van der Waals surface area contributed by atoms with E-state index >= 15 is 0 Å². The van der Waals surface area contributed by atoms with Crippen LogP contribution >= 0.6 is 12.6 Å². The SMILES string of the molecule is CN(C)C(S)=[N+]=CC1COC(CCF)CC1O. The number of hydrogen-bond acceptors (Lipinski definition) is 2. The molecule has 3 atom stereocenters. The fourth-order valence-corrected chi connectivity index (χ4v) is 1.68. The summed E-state index contributed by atoms with van der Waals surface area (Å²) in [5.41, 5.74) is 0. The summed E-state index contributed by atoms with van der Waals surface area (Å²) in [7, 11) is 3.68. The largest absolute Gasteiger partial charge is 0.402 e. The van der Waals surface area contributed by atoms with Crippen molar-refractivity contribution >= 4 is 24.0 Å². The van der Waals surface area contributed by atoms with Gasteiger partial charge in [0.15, 0.2) is 6.21 Å². The smallest absolute Gasteiger partial charge is 0.392 e. The van der Waals surface area contributed by atoms with E-state index in [-0.39, 0.29) is 12.0 Å². The van der Waals surface area contributed by atoms with E-state index in [4.69, 9.17) is 4.74 Å². The molecule has 0 bridgehead atoms. The molecule has 17 heavy (non-hydrogen) atoms. The maximum Gasteiger partial charge on any atom is 0.402 e. The lowest BCUT2D eigenvalue weighted by atomic mass is 9.95. The molecule has 0 aromatic rings. The molecule has 1 fully saturated rings. The van der Waals surface area contributed by atoms with Gasteiger partial charge in [0.05, 0.1) is 45.5 Å². The maximum absolute atomic E-state index is 12.1. The van der Waals surface area contributed by atoms with E-state index in [1.54, 1.807) is 11.1 Å². The van der Waals surface area contributed by atoms with Crippen LogP contribution in [0.15, 0.2) is 0 Å². The quantitative estimate of drug-likeness (QED) is 0.328. The van der Waals surface area contributed by atoms with Crippen LogP contribution in [0.5, 0.6) is 0 Å². The second-order valence-corrected chi connectivity index (χ2v) is 4.77. The Morgan fingerprint density at radius 3 is 2.88 bits per heavy atom. The fourth-order valence-electron chi connectivity index (χ4n) is 1.61. The van der Waals surface area contributed by atoms with E-state index in [0.29, 0.717) is 24.6 Å². The Labute approximate surface area is 107 Å². The van der Waals surface area contributed by atoms with Gasteiger partial charge in [-0.1, -0.05) is 0 Å². The van der Waals surface area contributed by atoms with Crippen LogP contribution in [0.2, 0.25) is 0 Å². The zero-order valence-corrected chi connectivity index (χ0v) is 11.1. The Balaban J connectivity index is 2.55. The molecule has 1 rings (SSSR count). The van der Waals surface area contributed by atoms with Crippen LogP contribution in [0.1, 0.15) is 12.8 Å². The Hall–Kier alpha value is -0.550. The number of aliphatic hydroxyl groups is 1. The summed E-state index contributed by atoms with van der Waals surface area (Å²) < 4.78 is 21.7. The zero-order valence-electron chi connectivity index (χ0n) is 10.2. The second kappa shape index (κ2) is 7.01. The molecule has 1 saturated heterocycles. The number of hydrogen-bond donors (Lipinski definition) is 2. The van der Waals surface area contributed by atoms with Gasteiger partial charge < -0.3 is 9.84 Å². The molecule has 3 unspecified atom stereocenters. The highest BCUT2D eigenvalue weighted by atomic mass is 32.1. The first-order valence-electron chi connectivity index (χ1n) is 5.67. The Morgan fingerprint density at radius 1 is 1.65 bits per heavy atom. The van der Waals surface area contributed by atoms with Crippen molar-refractivity contribution in [3.8, 4) is 0 Å². The lowest BCUT2D eigenvalue weighted by molar-refractivity contribution is -0.0663. The molecule has 0 amide bonds. The average Bonchev–Trinajstić information content (AvgIpc) is 2.27. The topological polar surface area (TPSA) is 46.8 Å². The molecule has 4 nitrogen and oxygen atoms in total. The van der Waals surface area contributed by atoms with Crippen LogP contribution in [0, 0.1) is 5.92 Å². The van der Waals surface area contributed by atoms with Crippen LogP contribution < -0.4 is 4.67 Å². The summed E-state index contributed by atoms with van der Waals surface area (Å²) in [6, 6.07) is 0. The monoisotopic (exact) mass is 263 g/mol. The molecule has 6 heteroatoms. The molecule has 0 spiro atoms. The van der Waals surface area contributed by atoms with Crippen molar-refractivity contribution in [3.05, 3.63) is 0 Å². The molecule has 98 valence electrons. The van der Waals surface area contributed by atoms with E-state index < -0.39 is 12.8 Å². The van der Waals surface area contributed by atoms with Crippen LogP contribution in [0.3, 0.4) is 0 Å². The molecule has 0 saturated carbocycles. The number of ether oxygens (including phenoxy) is 1. The van der Waals surface area contributed by atoms with Gasteiger partial charge in [-0.15, -0.1) is 0 Å². The third-order valence-electron chi connectivity index (χ3n) is 2.74. The van der Waals surface area contributed by atoms with Gasteiger partial charge in [-0.25, -0.2) is 9.57 Å². The van der Waals surface area contributed by atoms with Crippen molar-refractivity contribution in [2.24, 2.45) is 5.92 Å². The third-order valence-corrected chi connectivity index (χ3v) is 3.25. The van der Waals surface area contributed by atoms with Gasteiger partial charge in [-0.2, -0.15) is 0 Å². The molecular weight excluding hydrogens is 243 g/mol. The van der Waals surface area contributed by atoms with Crippen molar-refractivity contribution in [2.75, 3.05) is 27.4 Å². The molecule has 1 heterocycles. The molecule has 1 aliphatic heterocycles. The Bertz CT molecular complexity index is 306. The zero-order chi connectivity index (χ0) is 12.8. The molecule has 1 N–H and O–H groups in total. The van der Waals surface area contributed by atoms with Gasteiger partial charge in [0.25, 0.3) is 0 Å². The Morgan fingerprint density at radius 2 is 2.35 bits per heavy atom. The van der Waals surface area contributed by atoms with Crippen LogP contribution in [0.25, 0.3) is 0 Å². The van der Waals surface area contributed by atoms with E-state index in [1.807, 2.05) is 14.1 Å². The number of nitrogens with zero attached hydrogens (tertiary/aromatic N) is 2. The van der Waals surface area contributed by atoms with E-state index in [1.165, 1.54) is 0 Å². The average molecular weight is 263 g/mol. The number of aliphatic hydroxyl groups excluding tert-OH is 1. The highest BCUT2D eigenvalue weighted by molar-refractivity contribution is 7.96. The molecule has 0 aromatic heterocycles. The summed E-state index contributed by atoms with van der Waals surface area (Å²) in [6.45, 7) is -0.0326. The summed E-state index contributed by atoms with van der Waals surface area (Å²) in [6.07, 6.45) is 1.77. The van der Waals surface area contributed by atoms with Crippen molar-refractivity contribution in [3.63, 3.8) is 0 Å². The normalized spacial score (nSPS) is 28.4. The first-order chi connectivity index (χ1) is 8.04. The summed E-state index contributed by atoms with van der Waals surface area (Å²) in [5.74, 6) is -0.145.